The molecule has 0 radical (unpaired) electrons. The number of benzene rings is 1. The zero-order valence-electron chi connectivity index (χ0n) is 10.7. The van der Waals surface area contributed by atoms with Gasteiger partial charge in [0.05, 0.1) is 11.3 Å². The molecule has 1 aromatic carbocycles. The number of carboxylic acids is 1. The van der Waals surface area contributed by atoms with Crippen LogP contribution in [0.2, 0.25) is 0 Å². The molecule has 0 bridgehead atoms. The topological polar surface area (TPSA) is 76.2 Å². The Kier molecular flexibility index (Phi) is 4.21. The van der Waals surface area contributed by atoms with Crippen molar-refractivity contribution in [3.63, 3.8) is 0 Å². The number of thioether (sulfide) groups is 1. The van der Waals surface area contributed by atoms with Crippen LogP contribution in [-0.4, -0.2) is 21.2 Å². The van der Waals surface area contributed by atoms with Gasteiger partial charge >= 0.3 is 5.97 Å². The fourth-order valence-electron chi connectivity index (χ4n) is 1.43. The minimum Gasteiger partial charge on any atom is -0.478 e. The average molecular weight is 278 g/mol. The third-order valence-corrected chi connectivity index (χ3v) is 3.42. The molecule has 0 amide bonds. The Morgan fingerprint density at radius 2 is 2.26 bits per heavy atom. The second-order valence-electron chi connectivity index (χ2n) is 4.32. The van der Waals surface area contributed by atoms with Gasteiger partial charge in [-0.25, -0.2) is 4.79 Å². The van der Waals surface area contributed by atoms with Crippen molar-refractivity contribution in [2.24, 2.45) is 0 Å². The van der Waals surface area contributed by atoms with E-state index in [1.165, 1.54) is 11.8 Å². The van der Waals surface area contributed by atoms with Crippen LogP contribution in [-0.2, 0) is 5.75 Å². The largest absolute Gasteiger partial charge is 0.478 e. The highest BCUT2D eigenvalue weighted by atomic mass is 32.2. The van der Waals surface area contributed by atoms with Gasteiger partial charge < -0.3 is 9.63 Å². The van der Waals surface area contributed by atoms with E-state index in [0.717, 1.165) is 4.90 Å². The summed E-state index contributed by atoms with van der Waals surface area (Å²) in [5.41, 5.74) is 0.276. The molecule has 0 spiro atoms. The lowest BCUT2D eigenvalue weighted by Gasteiger charge is -2.00. The van der Waals surface area contributed by atoms with Gasteiger partial charge in [-0.05, 0) is 18.2 Å². The Morgan fingerprint density at radius 3 is 2.89 bits per heavy atom. The van der Waals surface area contributed by atoms with E-state index in [2.05, 4.69) is 10.1 Å². The van der Waals surface area contributed by atoms with Crippen LogP contribution >= 0.6 is 11.8 Å². The minimum absolute atomic E-state index is 0.234. The molecule has 2 aromatic rings. The maximum Gasteiger partial charge on any atom is 0.335 e. The van der Waals surface area contributed by atoms with Gasteiger partial charge in [0.1, 0.15) is 0 Å². The van der Waals surface area contributed by atoms with E-state index in [0.29, 0.717) is 17.5 Å². The van der Waals surface area contributed by atoms with Gasteiger partial charge in [0.2, 0.25) is 5.89 Å². The van der Waals surface area contributed by atoms with Crippen molar-refractivity contribution in [2.45, 2.75) is 30.4 Å². The van der Waals surface area contributed by atoms with Gasteiger partial charge in [-0.1, -0.05) is 25.1 Å². The zero-order valence-corrected chi connectivity index (χ0v) is 11.5. The predicted octanol–water partition coefficient (Wildman–Crippen LogP) is 3.18. The summed E-state index contributed by atoms with van der Waals surface area (Å²) in [7, 11) is 0. The quantitative estimate of drug-likeness (QED) is 0.846. The monoisotopic (exact) mass is 278 g/mol. The van der Waals surface area contributed by atoms with Crippen LogP contribution in [0.3, 0.4) is 0 Å². The number of carboxylic acid groups (broad SMARTS) is 1. The molecule has 0 atom stereocenters. The van der Waals surface area contributed by atoms with Crippen molar-refractivity contribution in [2.75, 3.05) is 0 Å². The summed E-state index contributed by atoms with van der Waals surface area (Å²) >= 11 is 1.47. The molecule has 2 rings (SSSR count). The van der Waals surface area contributed by atoms with Crippen molar-refractivity contribution in [3.8, 4) is 0 Å². The molecule has 0 fully saturated rings. The van der Waals surface area contributed by atoms with E-state index < -0.39 is 5.97 Å². The number of nitrogens with zero attached hydrogens (tertiary/aromatic N) is 2. The maximum atomic E-state index is 10.9. The number of rotatable bonds is 5. The molecule has 0 aliphatic heterocycles. The van der Waals surface area contributed by atoms with Crippen molar-refractivity contribution in [1.82, 2.24) is 10.1 Å². The third-order valence-electron chi connectivity index (χ3n) is 2.44. The first kappa shape index (κ1) is 13.6. The summed E-state index contributed by atoms with van der Waals surface area (Å²) in [5.74, 6) is 1.08. The Balaban J connectivity index is 2.01. The molecule has 6 heteroatoms. The number of hydrogen-bond acceptors (Lipinski definition) is 5. The molecule has 0 unspecified atom stereocenters. The predicted molar refractivity (Wildman–Crippen MR) is 71.3 cm³/mol. The molecule has 1 aromatic heterocycles. The average Bonchev–Trinajstić information content (AvgIpc) is 2.85. The van der Waals surface area contributed by atoms with E-state index in [1.807, 2.05) is 19.9 Å². The number of aromatic carboxylic acids is 1. The van der Waals surface area contributed by atoms with E-state index in [9.17, 15) is 4.79 Å². The molecule has 0 aliphatic carbocycles. The van der Waals surface area contributed by atoms with Gasteiger partial charge in [0, 0.05) is 10.8 Å². The highest BCUT2D eigenvalue weighted by Crippen LogP contribution is 2.23. The van der Waals surface area contributed by atoms with E-state index in [-0.39, 0.29) is 11.5 Å². The van der Waals surface area contributed by atoms with Crippen LogP contribution in [0.15, 0.2) is 33.7 Å². The standard InChI is InChI=1S/C13H14N2O3S/c1-8(2)12-14-11(18-15-12)7-19-10-5-3-4-9(6-10)13(16)17/h3-6,8H,7H2,1-2H3,(H,16,17). The number of hydrogen-bond donors (Lipinski definition) is 1. The summed E-state index contributed by atoms with van der Waals surface area (Å²) < 4.78 is 5.13. The lowest BCUT2D eigenvalue weighted by Crippen LogP contribution is -1.95. The molecule has 5 nitrogen and oxygen atoms in total. The highest BCUT2D eigenvalue weighted by molar-refractivity contribution is 7.98. The molecular weight excluding hydrogens is 264 g/mol. The molecule has 0 saturated carbocycles. The van der Waals surface area contributed by atoms with Crippen LogP contribution in [0.4, 0.5) is 0 Å². The molecule has 100 valence electrons. The third kappa shape index (κ3) is 3.57. The Hall–Kier alpha value is -1.82. The molecule has 0 aliphatic rings. The van der Waals surface area contributed by atoms with Crippen LogP contribution in [0.25, 0.3) is 0 Å². The van der Waals surface area contributed by atoms with Crippen molar-refractivity contribution in [1.29, 1.82) is 0 Å². The molecular formula is C13H14N2O3S. The smallest absolute Gasteiger partial charge is 0.335 e. The van der Waals surface area contributed by atoms with E-state index in [1.54, 1.807) is 18.2 Å². The number of aromatic nitrogens is 2. The van der Waals surface area contributed by atoms with Gasteiger partial charge in [-0.2, -0.15) is 4.98 Å². The minimum atomic E-state index is -0.928. The summed E-state index contributed by atoms with van der Waals surface area (Å²) in [6.45, 7) is 4.00. The molecule has 19 heavy (non-hydrogen) atoms. The lowest BCUT2D eigenvalue weighted by molar-refractivity contribution is 0.0696. The van der Waals surface area contributed by atoms with Gasteiger partial charge in [0.25, 0.3) is 0 Å². The van der Waals surface area contributed by atoms with Crippen LogP contribution in [0, 0.1) is 0 Å². The summed E-state index contributed by atoms with van der Waals surface area (Å²) in [6.07, 6.45) is 0. The highest BCUT2D eigenvalue weighted by Gasteiger charge is 2.10. The van der Waals surface area contributed by atoms with Crippen molar-refractivity contribution in [3.05, 3.63) is 41.5 Å². The molecule has 0 saturated heterocycles. The molecule has 1 heterocycles. The Bertz CT molecular complexity index is 581. The first-order valence-corrected chi connectivity index (χ1v) is 6.83. The number of carbonyl (C=O) groups is 1. The van der Waals surface area contributed by atoms with Crippen LogP contribution in [0.5, 0.6) is 0 Å². The Labute approximate surface area is 115 Å². The van der Waals surface area contributed by atoms with Crippen LogP contribution in [0.1, 0.15) is 41.8 Å². The van der Waals surface area contributed by atoms with Gasteiger partial charge in [-0.3, -0.25) is 0 Å². The van der Waals surface area contributed by atoms with E-state index >= 15 is 0 Å². The van der Waals surface area contributed by atoms with Gasteiger partial charge in [-0.15, -0.1) is 11.8 Å². The fourth-order valence-corrected chi connectivity index (χ4v) is 2.22. The first-order valence-electron chi connectivity index (χ1n) is 5.85. The summed E-state index contributed by atoms with van der Waals surface area (Å²) in [5, 5.41) is 12.8. The van der Waals surface area contributed by atoms with Crippen molar-refractivity contribution < 1.29 is 14.4 Å². The van der Waals surface area contributed by atoms with Crippen LogP contribution < -0.4 is 0 Å². The van der Waals surface area contributed by atoms with Crippen molar-refractivity contribution >= 4 is 17.7 Å². The lowest BCUT2D eigenvalue weighted by atomic mass is 10.2. The van der Waals surface area contributed by atoms with Gasteiger partial charge in [0.15, 0.2) is 5.82 Å². The first-order chi connectivity index (χ1) is 9.06. The fraction of sp³-hybridized carbons (Fsp3) is 0.308. The zero-order chi connectivity index (χ0) is 13.8. The normalized spacial score (nSPS) is 10.9. The SMILES string of the molecule is CC(C)c1noc(CSc2cccc(C(=O)O)c2)n1. The molecule has 1 N–H and O–H groups in total. The van der Waals surface area contributed by atoms with E-state index in [4.69, 9.17) is 9.63 Å². The second-order valence-corrected chi connectivity index (χ2v) is 5.37. The summed E-state index contributed by atoms with van der Waals surface area (Å²) in [4.78, 5) is 16.0. The second kappa shape index (κ2) is 5.88. The Morgan fingerprint density at radius 1 is 1.47 bits per heavy atom. The maximum absolute atomic E-state index is 10.9. The summed E-state index contributed by atoms with van der Waals surface area (Å²) in [6, 6.07) is 6.78.